The Bertz CT molecular complexity index is 2090. The normalized spacial score (nSPS) is 12.6. The van der Waals surface area contributed by atoms with Crippen LogP contribution >= 0.6 is 0 Å². The molecule has 1 saturated heterocycles. The Morgan fingerprint density at radius 3 is 1.22 bits per heavy atom. The predicted molar refractivity (Wildman–Crippen MR) is 197 cm³/mol. The monoisotopic (exact) mass is 755 g/mol. The van der Waals surface area contributed by atoms with E-state index in [0.29, 0.717) is 55.0 Å². The van der Waals surface area contributed by atoms with Crippen molar-refractivity contribution in [2.24, 2.45) is 20.5 Å². The molecule has 0 atom stereocenters. The number of carboxylic acids is 4. The topological polar surface area (TPSA) is 274 Å². The first kappa shape index (κ1) is 39.5. The fraction of sp³-hybridized carbons (Fsp3) is 0.114. The minimum atomic E-state index is -1.29. The van der Waals surface area contributed by atoms with Crippen LogP contribution < -0.4 is 15.5 Å². The molecule has 0 amide bonds. The third kappa shape index (κ3) is 10.7. The first-order valence-corrected chi connectivity index (χ1v) is 15.9. The van der Waals surface area contributed by atoms with Gasteiger partial charge in [-0.1, -0.05) is 0 Å². The molecule has 0 unspecified atom stereocenters. The largest absolute Gasteiger partial charge is 0.478 e. The maximum absolute atomic E-state index is 11.4. The summed E-state index contributed by atoms with van der Waals surface area (Å²) in [7, 11) is 0. The van der Waals surface area contributed by atoms with Crippen molar-refractivity contribution in [1.82, 2.24) is 15.0 Å². The Kier molecular flexibility index (Phi) is 12.9. The molecule has 0 spiro atoms. The van der Waals surface area contributed by atoms with E-state index in [2.05, 4.69) is 46.0 Å². The maximum Gasteiger partial charge on any atom is 0.335 e. The molecule has 0 saturated carbocycles. The van der Waals surface area contributed by atoms with Crippen LogP contribution in [-0.2, 0) is 4.74 Å². The predicted octanol–water partition coefficient (Wildman–Crippen LogP) is 6.44. The van der Waals surface area contributed by atoms with Gasteiger partial charge in [0.25, 0.3) is 0 Å². The van der Waals surface area contributed by atoms with Gasteiger partial charge in [0.05, 0.1) is 58.2 Å². The fourth-order valence-electron chi connectivity index (χ4n) is 4.93. The number of carboxylic acid groups (broad SMARTS) is 4. The first-order valence-electron chi connectivity index (χ1n) is 15.9. The van der Waals surface area contributed by atoms with Crippen LogP contribution in [0.4, 0.5) is 52.0 Å². The Labute approximate surface area is 332 Å². The molecule has 1 aliphatic heterocycles. The van der Waals surface area contributed by atoms with Gasteiger partial charge in [-0.15, -0.1) is 0 Å². The van der Waals surface area contributed by atoms with Gasteiger partial charge in [-0.05, 0) is 84.9 Å². The van der Waals surface area contributed by atoms with Crippen molar-refractivity contribution in [1.29, 1.82) is 0 Å². The molecule has 20 heteroatoms. The second kappa shape index (κ2) is 17.9. The number of nitrogens with one attached hydrogen (secondary N) is 2. The Hall–Kier alpha value is -6.67. The number of ether oxygens (including phenoxy) is 1. The molecule has 6 rings (SSSR count). The number of azo groups is 2. The average molecular weight is 756 g/mol. The molecule has 2 heterocycles. The molecular formula is C35H28N10NaO9. The number of aromatic carboxylic acids is 4. The van der Waals surface area contributed by atoms with Gasteiger partial charge in [0.2, 0.25) is 17.8 Å². The van der Waals surface area contributed by atoms with Gasteiger partial charge in [0, 0.05) is 54.0 Å². The Morgan fingerprint density at radius 1 is 0.527 bits per heavy atom. The van der Waals surface area contributed by atoms with E-state index < -0.39 is 23.9 Å². The first-order chi connectivity index (χ1) is 26.0. The maximum atomic E-state index is 11.4. The number of hydrogen-bond acceptors (Lipinski definition) is 15. The van der Waals surface area contributed by atoms with Gasteiger partial charge >= 0.3 is 23.9 Å². The number of carbonyl (C=O) groups is 4. The van der Waals surface area contributed by atoms with E-state index >= 15 is 0 Å². The van der Waals surface area contributed by atoms with Crippen molar-refractivity contribution < 1.29 is 44.3 Å². The van der Waals surface area contributed by atoms with Crippen LogP contribution in [0.2, 0.25) is 0 Å². The van der Waals surface area contributed by atoms with E-state index in [0.717, 1.165) is 12.1 Å². The number of hydrogen-bond donors (Lipinski definition) is 6. The van der Waals surface area contributed by atoms with Crippen LogP contribution in [-0.4, -0.2) is 115 Å². The van der Waals surface area contributed by atoms with Gasteiger partial charge in [0.15, 0.2) is 0 Å². The number of aromatic nitrogens is 3. The summed E-state index contributed by atoms with van der Waals surface area (Å²) in [5, 5.41) is 59.7. The minimum absolute atomic E-state index is 0. The number of morpholine rings is 1. The molecule has 1 radical (unpaired) electrons. The van der Waals surface area contributed by atoms with Crippen molar-refractivity contribution in [2.45, 2.75) is 0 Å². The van der Waals surface area contributed by atoms with Gasteiger partial charge in [-0.3, -0.25) is 0 Å². The molecule has 19 nitrogen and oxygen atoms in total. The number of benzene rings is 4. The molecule has 0 bridgehead atoms. The summed E-state index contributed by atoms with van der Waals surface area (Å²) in [5.74, 6) is -4.31. The quantitative estimate of drug-likeness (QED) is 0.0557. The van der Waals surface area contributed by atoms with E-state index in [4.69, 9.17) is 4.74 Å². The SMILES string of the molecule is O=C(O)c1cc(N=Nc2ccc(Nc3nc(Nc4ccc(N=Nc5cc(C(=O)O)cc(C(=O)O)c5)cc4)nc(N4CCOCC4)n3)cc2)cc(C(=O)O)c1.[Na]. The summed E-state index contributed by atoms with van der Waals surface area (Å²) >= 11 is 0. The third-order valence-corrected chi connectivity index (χ3v) is 7.55. The number of rotatable bonds is 13. The molecule has 1 aliphatic rings. The second-order valence-electron chi connectivity index (χ2n) is 11.4. The molecule has 273 valence electrons. The fourth-order valence-corrected chi connectivity index (χ4v) is 4.93. The van der Waals surface area contributed by atoms with Crippen molar-refractivity contribution in [2.75, 3.05) is 41.8 Å². The Morgan fingerprint density at radius 2 is 0.873 bits per heavy atom. The molecule has 1 fully saturated rings. The average Bonchev–Trinajstić information content (AvgIpc) is 3.17. The van der Waals surface area contributed by atoms with Crippen molar-refractivity contribution in [3.63, 3.8) is 0 Å². The summed E-state index contributed by atoms with van der Waals surface area (Å²) in [5.41, 5.74) is 1.22. The van der Waals surface area contributed by atoms with E-state index in [1.54, 1.807) is 48.5 Å². The number of nitrogens with zero attached hydrogens (tertiary/aromatic N) is 8. The van der Waals surface area contributed by atoms with Crippen molar-refractivity contribution in [3.8, 4) is 0 Å². The smallest absolute Gasteiger partial charge is 0.335 e. The van der Waals surface area contributed by atoms with E-state index in [-0.39, 0.29) is 75.1 Å². The molecule has 0 aliphatic carbocycles. The van der Waals surface area contributed by atoms with Gasteiger partial charge < -0.3 is 40.7 Å². The molecule has 5 aromatic rings. The van der Waals surface area contributed by atoms with E-state index in [1.165, 1.54) is 24.3 Å². The van der Waals surface area contributed by atoms with Crippen molar-refractivity contribution in [3.05, 3.63) is 107 Å². The summed E-state index contributed by atoms with van der Waals surface area (Å²) in [6.45, 7) is 2.13. The van der Waals surface area contributed by atoms with Crippen LogP contribution in [0.15, 0.2) is 105 Å². The van der Waals surface area contributed by atoms with Gasteiger partial charge in [0.1, 0.15) is 0 Å². The van der Waals surface area contributed by atoms with Crippen LogP contribution in [0.5, 0.6) is 0 Å². The molecule has 4 aromatic carbocycles. The van der Waals surface area contributed by atoms with Crippen molar-refractivity contribution >= 4 is 105 Å². The summed E-state index contributed by atoms with van der Waals surface area (Å²) in [4.78, 5) is 61.3. The van der Waals surface area contributed by atoms with E-state index in [9.17, 15) is 39.6 Å². The summed E-state index contributed by atoms with van der Waals surface area (Å²) < 4.78 is 5.48. The van der Waals surface area contributed by atoms with Crippen LogP contribution in [0.1, 0.15) is 41.4 Å². The van der Waals surface area contributed by atoms with Crippen LogP contribution in [0, 0.1) is 0 Å². The zero-order valence-electron chi connectivity index (χ0n) is 28.8. The summed E-state index contributed by atoms with van der Waals surface area (Å²) in [6, 6.07) is 20.3. The van der Waals surface area contributed by atoms with Crippen LogP contribution in [0.25, 0.3) is 0 Å². The standard InChI is InChI=1S/C35H28N10O9.Na/c46-29(47)19-13-20(30(48)49)16-27(15-19)43-41-25-5-1-23(2-6-25)36-33-38-34(40-35(39-33)45-9-11-54-12-10-45)37-24-3-7-26(8-4-24)42-44-28-17-21(31(50)51)14-22(18-28)32(52)53;/h1-8,13-18H,9-12H2,(H,46,47)(H,48,49)(H,50,51)(H,52,53)(H2,36,37,38,39,40);. The van der Waals surface area contributed by atoms with Gasteiger partial charge in [-0.2, -0.15) is 35.4 Å². The minimum Gasteiger partial charge on any atom is -0.478 e. The number of anilines is 5. The molecule has 55 heavy (non-hydrogen) atoms. The summed E-state index contributed by atoms with van der Waals surface area (Å²) in [6.07, 6.45) is 0. The second-order valence-corrected chi connectivity index (χ2v) is 11.4. The molecular weight excluding hydrogens is 727 g/mol. The zero-order valence-corrected chi connectivity index (χ0v) is 30.8. The van der Waals surface area contributed by atoms with Gasteiger partial charge in [-0.25, -0.2) is 19.2 Å². The van der Waals surface area contributed by atoms with E-state index in [1.807, 2.05) is 4.90 Å². The molecule has 6 N–H and O–H groups in total. The molecule has 1 aromatic heterocycles. The van der Waals surface area contributed by atoms with Crippen LogP contribution in [0.3, 0.4) is 0 Å². The third-order valence-electron chi connectivity index (χ3n) is 7.55. The Balaban J connectivity index is 0.00000580. The zero-order chi connectivity index (χ0) is 38.2.